The molecule has 0 aromatic heterocycles. The number of rotatable bonds is 3. The zero-order valence-electron chi connectivity index (χ0n) is 12.8. The number of para-hydroxylation sites is 1. The van der Waals surface area contributed by atoms with E-state index in [1.165, 1.54) is 4.31 Å². The Kier molecular flexibility index (Phi) is 3.99. The maximum absolute atomic E-state index is 12.9. The van der Waals surface area contributed by atoms with E-state index >= 15 is 0 Å². The predicted octanol–water partition coefficient (Wildman–Crippen LogP) is 0.970. The molecule has 1 aromatic carbocycles. The van der Waals surface area contributed by atoms with Crippen molar-refractivity contribution in [1.29, 1.82) is 0 Å². The Morgan fingerprint density at radius 2 is 1.81 bits per heavy atom. The van der Waals surface area contributed by atoms with Crippen molar-refractivity contribution < 1.29 is 13.2 Å². The Morgan fingerprint density at radius 1 is 1.19 bits per heavy atom. The zero-order valence-corrected chi connectivity index (χ0v) is 13.6. The number of piperazine rings is 1. The highest BCUT2D eigenvalue weighted by molar-refractivity contribution is 7.89. The first-order valence-electron chi connectivity index (χ1n) is 6.78. The maximum Gasteiger partial charge on any atom is 0.246 e. The Bertz CT molecular complexity index is 655. The standard InChI is InChI=1S/C14H21N3O3S/c1-14(2)13(18)16(4)9-10-17(14)21(19,20)12-8-6-5-7-11(12)15-3/h5-8,15H,9-10H2,1-4H3. The fourth-order valence-corrected chi connectivity index (χ4v) is 4.57. The van der Waals surface area contributed by atoms with E-state index in [4.69, 9.17) is 0 Å². The average molecular weight is 311 g/mol. The number of nitrogens with one attached hydrogen (secondary N) is 1. The summed E-state index contributed by atoms with van der Waals surface area (Å²) in [6.45, 7) is 3.97. The minimum Gasteiger partial charge on any atom is -0.387 e. The Hall–Kier alpha value is -1.60. The Morgan fingerprint density at radius 3 is 2.43 bits per heavy atom. The van der Waals surface area contributed by atoms with Gasteiger partial charge in [-0.05, 0) is 26.0 Å². The van der Waals surface area contributed by atoms with Crippen molar-refractivity contribution >= 4 is 21.6 Å². The van der Waals surface area contributed by atoms with Crippen LogP contribution in [0.1, 0.15) is 13.8 Å². The Balaban J connectivity index is 2.51. The second-order valence-corrected chi connectivity index (χ2v) is 7.44. The number of amides is 1. The van der Waals surface area contributed by atoms with Crippen LogP contribution < -0.4 is 5.32 Å². The van der Waals surface area contributed by atoms with Crippen molar-refractivity contribution in [1.82, 2.24) is 9.21 Å². The first kappa shape index (κ1) is 15.8. The van der Waals surface area contributed by atoms with Gasteiger partial charge in [0.15, 0.2) is 0 Å². The summed E-state index contributed by atoms with van der Waals surface area (Å²) in [4.78, 5) is 14.1. The number of benzene rings is 1. The lowest BCUT2D eigenvalue weighted by molar-refractivity contribution is -0.142. The Labute approximate surface area is 125 Å². The molecule has 1 amide bonds. The van der Waals surface area contributed by atoms with E-state index in [2.05, 4.69) is 5.32 Å². The number of hydrogen-bond acceptors (Lipinski definition) is 4. The van der Waals surface area contributed by atoms with E-state index in [1.54, 1.807) is 57.1 Å². The molecule has 1 aliphatic rings. The third-order valence-corrected chi connectivity index (χ3v) is 5.99. The van der Waals surface area contributed by atoms with Crippen LogP contribution in [0, 0.1) is 0 Å². The molecule has 0 aliphatic carbocycles. The van der Waals surface area contributed by atoms with Crippen molar-refractivity contribution in [3.05, 3.63) is 24.3 Å². The number of nitrogens with zero attached hydrogens (tertiary/aromatic N) is 2. The normalized spacial score (nSPS) is 19.6. The number of hydrogen-bond donors (Lipinski definition) is 1. The fourth-order valence-electron chi connectivity index (χ4n) is 2.63. The summed E-state index contributed by atoms with van der Waals surface area (Å²) in [5, 5.41) is 2.89. The first-order valence-corrected chi connectivity index (χ1v) is 8.22. The van der Waals surface area contributed by atoms with Gasteiger partial charge in [0.05, 0.1) is 5.69 Å². The van der Waals surface area contributed by atoms with E-state index in [9.17, 15) is 13.2 Å². The van der Waals surface area contributed by atoms with E-state index in [-0.39, 0.29) is 17.3 Å². The number of anilines is 1. The molecular formula is C14H21N3O3S. The van der Waals surface area contributed by atoms with E-state index < -0.39 is 15.6 Å². The van der Waals surface area contributed by atoms with Crippen LogP contribution in [-0.2, 0) is 14.8 Å². The highest BCUT2D eigenvalue weighted by Crippen LogP contribution is 2.31. The molecule has 6 nitrogen and oxygen atoms in total. The van der Waals surface area contributed by atoms with Gasteiger partial charge in [0.2, 0.25) is 15.9 Å². The lowest BCUT2D eigenvalue weighted by Gasteiger charge is -2.43. The molecule has 0 atom stereocenters. The molecule has 7 heteroatoms. The molecule has 0 saturated carbocycles. The first-order chi connectivity index (χ1) is 9.72. The van der Waals surface area contributed by atoms with Crippen LogP contribution in [0.3, 0.4) is 0 Å². The van der Waals surface area contributed by atoms with Crippen LogP contribution in [-0.4, -0.2) is 56.3 Å². The minimum atomic E-state index is -3.75. The van der Waals surface area contributed by atoms with E-state index in [0.717, 1.165) is 0 Å². The second-order valence-electron chi connectivity index (χ2n) is 5.61. The molecular weight excluding hydrogens is 290 g/mol. The van der Waals surface area contributed by atoms with Crippen LogP contribution in [0.15, 0.2) is 29.2 Å². The molecule has 1 aromatic rings. The molecule has 1 heterocycles. The molecule has 1 saturated heterocycles. The van der Waals surface area contributed by atoms with Crippen LogP contribution in [0.25, 0.3) is 0 Å². The van der Waals surface area contributed by atoms with Crippen LogP contribution >= 0.6 is 0 Å². The predicted molar refractivity (Wildman–Crippen MR) is 81.6 cm³/mol. The van der Waals surface area contributed by atoms with Crippen molar-refractivity contribution in [2.24, 2.45) is 0 Å². The monoisotopic (exact) mass is 311 g/mol. The quantitative estimate of drug-likeness (QED) is 0.903. The number of likely N-dealkylation sites (N-methyl/N-ethyl adjacent to an activating group) is 1. The second kappa shape index (κ2) is 5.31. The van der Waals surface area contributed by atoms with Gasteiger partial charge in [-0.25, -0.2) is 8.42 Å². The van der Waals surface area contributed by atoms with Crippen LogP contribution in [0.4, 0.5) is 5.69 Å². The highest BCUT2D eigenvalue weighted by Gasteiger charge is 2.47. The van der Waals surface area contributed by atoms with Gasteiger partial charge in [-0.2, -0.15) is 4.31 Å². The van der Waals surface area contributed by atoms with Gasteiger partial charge in [0, 0.05) is 27.2 Å². The van der Waals surface area contributed by atoms with Gasteiger partial charge in [0.25, 0.3) is 0 Å². The summed E-state index contributed by atoms with van der Waals surface area (Å²) in [7, 11) is -0.380. The SMILES string of the molecule is CNc1ccccc1S(=O)(=O)N1CCN(C)C(=O)C1(C)C. The molecule has 21 heavy (non-hydrogen) atoms. The van der Waals surface area contributed by atoms with Gasteiger partial charge in [0.1, 0.15) is 10.4 Å². The van der Waals surface area contributed by atoms with Crippen molar-refractivity contribution in [3.8, 4) is 0 Å². The summed E-state index contributed by atoms with van der Waals surface area (Å²) in [5.74, 6) is -0.195. The minimum absolute atomic E-state index is 0.193. The van der Waals surface area contributed by atoms with Gasteiger partial charge in [-0.15, -0.1) is 0 Å². The molecule has 116 valence electrons. The summed E-state index contributed by atoms with van der Waals surface area (Å²) < 4.78 is 27.2. The maximum atomic E-state index is 12.9. The molecule has 1 N–H and O–H groups in total. The van der Waals surface area contributed by atoms with Crippen molar-refractivity contribution in [3.63, 3.8) is 0 Å². The van der Waals surface area contributed by atoms with Gasteiger partial charge >= 0.3 is 0 Å². The van der Waals surface area contributed by atoms with Crippen molar-refractivity contribution in [2.75, 3.05) is 32.5 Å². The third kappa shape index (κ3) is 2.51. The molecule has 1 aliphatic heterocycles. The lowest BCUT2D eigenvalue weighted by Crippen LogP contribution is -2.63. The van der Waals surface area contributed by atoms with Crippen LogP contribution in [0.2, 0.25) is 0 Å². The molecule has 1 fully saturated rings. The van der Waals surface area contributed by atoms with Gasteiger partial charge in [-0.3, -0.25) is 4.79 Å². The molecule has 0 bridgehead atoms. The summed E-state index contributed by atoms with van der Waals surface area (Å²) in [6.07, 6.45) is 0. The molecule has 0 spiro atoms. The smallest absolute Gasteiger partial charge is 0.246 e. The molecule has 0 radical (unpaired) electrons. The van der Waals surface area contributed by atoms with Gasteiger partial charge < -0.3 is 10.2 Å². The zero-order chi connectivity index (χ0) is 15.8. The topological polar surface area (TPSA) is 69.7 Å². The number of sulfonamides is 1. The molecule has 2 rings (SSSR count). The summed E-state index contributed by atoms with van der Waals surface area (Å²) in [6, 6.07) is 6.71. The van der Waals surface area contributed by atoms with Gasteiger partial charge in [-0.1, -0.05) is 12.1 Å². The van der Waals surface area contributed by atoms with E-state index in [1.807, 2.05) is 0 Å². The molecule has 0 unspecified atom stereocenters. The van der Waals surface area contributed by atoms with Crippen molar-refractivity contribution in [2.45, 2.75) is 24.3 Å². The fraction of sp³-hybridized carbons (Fsp3) is 0.500. The average Bonchev–Trinajstić information content (AvgIpc) is 2.44. The van der Waals surface area contributed by atoms with E-state index in [0.29, 0.717) is 12.2 Å². The summed E-state index contributed by atoms with van der Waals surface area (Å²) >= 11 is 0. The number of carbonyl (C=O) groups is 1. The lowest BCUT2D eigenvalue weighted by atomic mass is 10.0. The van der Waals surface area contributed by atoms with Crippen LogP contribution in [0.5, 0.6) is 0 Å². The highest BCUT2D eigenvalue weighted by atomic mass is 32.2. The largest absolute Gasteiger partial charge is 0.387 e. The number of carbonyl (C=O) groups excluding carboxylic acids is 1. The third-order valence-electron chi connectivity index (χ3n) is 3.86. The summed E-state index contributed by atoms with van der Waals surface area (Å²) in [5.41, 5.74) is -0.563.